The minimum absolute atomic E-state index is 0.0493. The van der Waals surface area contributed by atoms with E-state index in [0.717, 1.165) is 42.6 Å². The van der Waals surface area contributed by atoms with E-state index in [9.17, 15) is 9.59 Å². The molecule has 0 spiro atoms. The van der Waals surface area contributed by atoms with Gasteiger partial charge in [0.05, 0.1) is 5.60 Å². The molecular weight excluding hydrogens is 366 g/mol. The van der Waals surface area contributed by atoms with E-state index in [1.807, 2.05) is 30.3 Å². The molecule has 0 unspecified atom stereocenters. The summed E-state index contributed by atoms with van der Waals surface area (Å²) >= 11 is 0. The van der Waals surface area contributed by atoms with Crippen molar-refractivity contribution in [2.45, 2.75) is 50.7 Å². The van der Waals surface area contributed by atoms with E-state index in [2.05, 4.69) is 0 Å². The van der Waals surface area contributed by atoms with Crippen LogP contribution in [0.25, 0.3) is 0 Å². The average Bonchev–Trinajstić information content (AvgIpc) is 2.68. The number of esters is 1. The number of Topliss-reactive ketones (excluding diaryl/α,β-unsaturated/α-hetero) is 1. The van der Waals surface area contributed by atoms with Crippen LogP contribution in [-0.4, -0.2) is 43.0 Å². The molecule has 0 aliphatic heterocycles. The van der Waals surface area contributed by atoms with Crippen LogP contribution in [0.1, 0.15) is 44.1 Å². The Morgan fingerprint density at radius 3 is 2.17 bits per heavy atom. The molecule has 1 aromatic rings. The maximum atomic E-state index is 12.9. The van der Waals surface area contributed by atoms with Gasteiger partial charge in [-0.05, 0) is 61.8 Å². The topological polar surface area (TPSA) is 55.8 Å². The lowest BCUT2D eigenvalue weighted by atomic mass is 9.54. The quantitative estimate of drug-likeness (QED) is 0.290. The van der Waals surface area contributed by atoms with E-state index in [0.29, 0.717) is 0 Å². The summed E-state index contributed by atoms with van der Waals surface area (Å²) in [5.74, 6) is 1.37. The van der Waals surface area contributed by atoms with E-state index in [-0.39, 0.29) is 30.2 Å². The number of carbonyl (C=O) groups is 2. The molecule has 29 heavy (non-hydrogen) atoms. The van der Waals surface area contributed by atoms with Crippen LogP contribution in [0.5, 0.6) is 0 Å². The molecule has 5 rings (SSSR count). The smallest absolute Gasteiger partial charge is 0.343 e. The van der Waals surface area contributed by atoms with Gasteiger partial charge in [-0.1, -0.05) is 30.3 Å². The number of rotatable bonds is 8. The minimum Gasteiger partial charge on any atom is -0.457 e. The van der Waals surface area contributed by atoms with Gasteiger partial charge in [-0.25, -0.2) is 4.79 Å². The number of carbonyl (C=O) groups excluding carboxylic acids is 2. The summed E-state index contributed by atoms with van der Waals surface area (Å²) in [6.07, 6.45) is 8.72. The Hall–Kier alpha value is -2.14. The van der Waals surface area contributed by atoms with Crippen LogP contribution in [0.2, 0.25) is 0 Å². The highest BCUT2D eigenvalue weighted by Gasteiger charge is 2.51. The Kier molecular flexibility index (Phi) is 5.77. The monoisotopic (exact) mass is 397 g/mol. The van der Waals surface area contributed by atoms with Gasteiger partial charge in [-0.15, -0.1) is 0 Å². The van der Waals surface area contributed by atoms with Crippen molar-refractivity contribution in [1.29, 1.82) is 0 Å². The molecule has 4 bridgehead atoms. The number of hydrogen-bond acceptors (Lipinski definition) is 5. The summed E-state index contributed by atoms with van der Waals surface area (Å²) in [5, 5.41) is 0. The van der Waals surface area contributed by atoms with Crippen molar-refractivity contribution < 1.29 is 19.1 Å². The zero-order valence-corrected chi connectivity index (χ0v) is 17.4. The molecule has 4 aliphatic carbocycles. The molecule has 0 atom stereocenters. The standard InChI is InChI=1S/C24H31NO4/c1-25(2)14-21(23(27)28-15-17-6-4-3-5-7-17)22(26)16-29-24-11-18-8-19(12-24)10-20(9-18)13-24/h3-7,14,18-20H,8-13,15-16H2,1-2H3. The largest absolute Gasteiger partial charge is 0.457 e. The van der Waals surface area contributed by atoms with Crippen LogP contribution < -0.4 is 0 Å². The molecule has 0 radical (unpaired) electrons. The minimum atomic E-state index is -0.596. The Labute approximate surface area is 173 Å². The fraction of sp³-hybridized carbons (Fsp3) is 0.583. The molecule has 4 saturated carbocycles. The van der Waals surface area contributed by atoms with Crippen molar-refractivity contribution in [1.82, 2.24) is 4.90 Å². The second-order valence-corrected chi connectivity index (χ2v) is 9.38. The number of ketones is 1. The summed E-state index contributed by atoms with van der Waals surface area (Å²) < 4.78 is 11.7. The summed E-state index contributed by atoms with van der Waals surface area (Å²) in [7, 11) is 3.58. The van der Waals surface area contributed by atoms with Crippen LogP contribution in [0, 0.1) is 17.8 Å². The lowest BCUT2D eigenvalue weighted by Gasteiger charge is -2.56. The van der Waals surface area contributed by atoms with E-state index in [4.69, 9.17) is 9.47 Å². The molecule has 0 N–H and O–H groups in total. The molecule has 1 aromatic carbocycles. The van der Waals surface area contributed by atoms with Gasteiger partial charge in [0.1, 0.15) is 18.8 Å². The highest BCUT2D eigenvalue weighted by molar-refractivity contribution is 6.17. The molecule has 4 fully saturated rings. The van der Waals surface area contributed by atoms with Gasteiger partial charge in [-0.2, -0.15) is 0 Å². The summed E-state index contributed by atoms with van der Waals surface area (Å²) in [5.41, 5.74) is 0.791. The van der Waals surface area contributed by atoms with Crippen molar-refractivity contribution in [2.24, 2.45) is 17.8 Å². The van der Waals surface area contributed by atoms with E-state index < -0.39 is 5.97 Å². The van der Waals surface area contributed by atoms with Crippen molar-refractivity contribution in [3.63, 3.8) is 0 Å². The highest BCUT2D eigenvalue weighted by atomic mass is 16.5. The van der Waals surface area contributed by atoms with Gasteiger partial charge in [0.25, 0.3) is 0 Å². The summed E-state index contributed by atoms with van der Waals surface area (Å²) in [6, 6.07) is 9.48. The molecule has 0 saturated heterocycles. The Balaban J connectivity index is 1.38. The predicted molar refractivity (Wildman–Crippen MR) is 110 cm³/mol. The fourth-order valence-electron chi connectivity index (χ4n) is 5.80. The van der Waals surface area contributed by atoms with Gasteiger partial charge >= 0.3 is 5.97 Å². The zero-order valence-electron chi connectivity index (χ0n) is 17.4. The number of benzene rings is 1. The Bertz CT molecular complexity index is 748. The van der Waals surface area contributed by atoms with Crippen LogP contribution in [-0.2, 0) is 25.7 Å². The maximum absolute atomic E-state index is 12.9. The third-order valence-corrected chi connectivity index (χ3v) is 6.61. The number of ether oxygens (including phenoxy) is 2. The molecule has 4 aliphatic rings. The second kappa shape index (κ2) is 8.31. The van der Waals surface area contributed by atoms with Crippen LogP contribution in [0.15, 0.2) is 42.1 Å². The van der Waals surface area contributed by atoms with E-state index >= 15 is 0 Å². The highest BCUT2D eigenvalue weighted by Crippen LogP contribution is 2.57. The summed E-state index contributed by atoms with van der Waals surface area (Å²) in [6.45, 7) is 0.0971. The second-order valence-electron chi connectivity index (χ2n) is 9.38. The number of hydrogen-bond donors (Lipinski definition) is 0. The van der Waals surface area contributed by atoms with Gasteiger partial charge in [0.2, 0.25) is 0 Å². The van der Waals surface area contributed by atoms with Gasteiger partial charge in [0, 0.05) is 20.3 Å². The molecule has 5 heteroatoms. The first-order valence-corrected chi connectivity index (χ1v) is 10.7. The van der Waals surface area contributed by atoms with Crippen LogP contribution >= 0.6 is 0 Å². The van der Waals surface area contributed by atoms with Gasteiger partial charge < -0.3 is 14.4 Å². The first-order chi connectivity index (χ1) is 13.9. The maximum Gasteiger partial charge on any atom is 0.343 e. The lowest BCUT2D eigenvalue weighted by molar-refractivity contribution is -0.168. The molecule has 5 nitrogen and oxygen atoms in total. The molecule has 0 heterocycles. The molecule has 0 aromatic heterocycles. The van der Waals surface area contributed by atoms with E-state index in [1.54, 1.807) is 25.2 Å². The van der Waals surface area contributed by atoms with Gasteiger partial charge in [-0.3, -0.25) is 4.79 Å². The van der Waals surface area contributed by atoms with E-state index in [1.165, 1.54) is 19.3 Å². The number of nitrogens with zero attached hydrogens (tertiary/aromatic N) is 1. The van der Waals surface area contributed by atoms with Crippen molar-refractivity contribution in [3.8, 4) is 0 Å². The molecular formula is C24H31NO4. The van der Waals surface area contributed by atoms with Gasteiger partial charge in [0.15, 0.2) is 5.78 Å². The third kappa shape index (κ3) is 4.72. The molecule has 0 amide bonds. The van der Waals surface area contributed by atoms with Crippen molar-refractivity contribution in [2.75, 3.05) is 20.7 Å². The predicted octanol–water partition coefficient (Wildman–Crippen LogP) is 3.73. The lowest BCUT2D eigenvalue weighted by Crippen LogP contribution is -2.52. The van der Waals surface area contributed by atoms with Crippen LogP contribution in [0.4, 0.5) is 0 Å². The first kappa shape index (κ1) is 20.1. The third-order valence-electron chi connectivity index (χ3n) is 6.61. The molecule has 156 valence electrons. The first-order valence-electron chi connectivity index (χ1n) is 10.7. The fourth-order valence-corrected chi connectivity index (χ4v) is 5.80. The Morgan fingerprint density at radius 1 is 1.03 bits per heavy atom. The van der Waals surface area contributed by atoms with Crippen molar-refractivity contribution >= 4 is 11.8 Å². The average molecular weight is 398 g/mol. The van der Waals surface area contributed by atoms with Crippen LogP contribution in [0.3, 0.4) is 0 Å². The summed E-state index contributed by atoms with van der Waals surface area (Å²) in [4.78, 5) is 27.2. The Morgan fingerprint density at radius 2 is 1.62 bits per heavy atom. The normalized spacial score (nSPS) is 30.3. The zero-order chi connectivity index (χ0) is 20.4. The van der Waals surface area contributed by atoms with Crippen molar-refractivity contribution in [3.05, 3.63) is 47.7 Å². The SMILES string of the molecule is CN(C)C=C(C(=O)COC12CC3CC(CC(C3)C1)C2)C(=O)OCc1ccccc1.